The molecule has 0 saturated carbocycles. The van der Waals surface area contributed by atoms with Crippen molar-refractivity contribution in [3.8, 4) is 0 Å². The van der Waals surface area contributed by atoms with E-state index in [0.717, 1.165) is 21.7 Å². The second-order valence-electron chi connectivity index (χ2n) is 6.36. The summed E-state index contributed by atoms with van der Waals surface area (Å²) in [5.41, 5.74) is 3.91. The summed E-state index contributed by atoms with van der Waals surface area (Å²) in [4.78, 5) is 24.9. The first-order valence-corrected chi connectivity index (χ1v) is 9.20. The van der Waals surface area contributed by atoms with Crippen LogP contribution in [0.2, 0.25) is 0 Å². The Morgan fingerprint density at radius 3 is 2.58 bits per heavy atom. The summed E-state index contributed by atoms with van der Waals surface area (Å²) in [6.45, 7) is 4.34. The molecule has 0 fully saturated rings. The van der Waals surface area contributed by atoms with Crippen molar-refractivity contribution in [1.82, 2.24) is 0 Å². The largest absolute Gasteiger partial charge is 0.326 e. The van der Waals surface area contributed by atoms with Crippen molar-refractivity contribution < 1.29 is 9.59 Å². The van der Waals surface area contributed by atoms with E-state index < -0.39 is 0 Å². The minimum atomic E-state index is 0.0435. The average Bonchev–Trinajstić information content (AvgIpc) is 2.59. The van der Waals surface area contributed by atoms with Crippen molar-refractivity contribution in [1.29, 1.82) is 0 Å². The number of aryl methyl sites for hydroxylation is 1. The fourth-order valence-corrected chi connectivity index (χ4v) is 3.53. The monoisotopic (exact) mass is 339 g/mol. The Kier molecular flexibility index (Phi) is 5.05. The summed E-state index contributed by atoms with van der Waals surface area (Å²) in [6.07, 6.45) is 1.19. The molecule has 2 aromatic carbocycles. The van der Waals surface area contributed by atoms with Gasteiger partial charge in [0.2, 0.25) is 5.91 Å². The van der Waals surface area contributed by atoms with Crippen molar-refractivity contribution in [3.05, 3.63) is 59.2 Å². The summed E-state index contributed by atoms with van der Waals surface area (Å²) in [5, 5.41) is 2.84. The van der Waals surface area contributed by atoms with Gasteiger partial charge in [-0.1, -0.05) is 26.0 Å². The van der Waals surface area contributed by atoms with Crippen LogP contribution < -0.4 is 5.32 Å². The summed E-state index contributed by atoms with van der Waals surface area (Å²) >= 11 is 1.56. The Balaban J connectivity index is 1.64. The molecule has 1 heterocycles. The third-order valence-corrected chi connectivity index (χ3v) is 5.25. The maximum atomic E-state index is 12.4. The number of carbonyl (C=O) groups is 2. The zero-order chi connectivity index (χ0) is 17.1. The summed E-state index contributed by atoms with van der Waals surface area (Å²) < 4.78 is 0. The van der Waals surface area contributed by atoms with Crippen molar-refractivity contribution in [3.63, 3.8) is 0 Å². The lowest BCUT2D eigenvalue weighted by molar-refractivity contribution is -0.116. The molecule has 3 rings (SSSR count). The molecular weight excluding hydrogens is 318 g/mol. The first-order chi connectivity index (χ1) is 11.5. The Hall–Kier alpha value is -2.07. The molecule has 0 atom stereocenters. The van der Waals surface area contributed by atoms with E-state index in [-0.39, 0.29) is 11.7 Å². The lowest BCUT2D eigenvalue weighted by atomic mass is 9.99. The fraction of sp³-hybridized carbons (Fsp3) is 0.300. The minimum Gasteiger partial charge on any atom is -0.326 e. The molecule has 0 aliphatic carbocycles. The van der Waals surface area contributed by atoms with Crippen molar-refractivity contribution in [2.75, 3.05) is 11.1 Å². The van der Waals surface area contributed by atoms with E-state index in [2.05, 4.69) is 43.4 Å². The zero-order valence-electron chi connectivity index (χ0n) is 14.0. The summed E-state index contributed by atoms with van der Waals surface area (Å²) in [7, 11) is 0. The predicted molar refractivity (Wildman–Crippen MR) is 99.0 cm³/mol. The highest BCUT2D eigenvalue weighted by Gasteiger charge is 2.16. The highest BCUT2D eigenvalue weighted by Crippen LogP contribution is 2.26. The Bertz CT molecular complexity index is 766. The molecule has 3 nitrogen and oxygen atoms in total. The van der Waals surface area contributed by atoms with Gasteiger partial charge in [0.05, 0.1) is 5.75 Å². The number of hydrogen-bond acceptors (Lipinski definition) is 3. The fourth-order valence-electron chi connectivity index (χ4n) is 2.74. The quantitative estimate of drug-likeness (QED) is 0.636. The molecule has 4 heteroatoms. The van der Waals surface area contributed by atoms with E-state index in [0.29, 0.717) is 24.5 Å². The van der Waals surface area contributed by atoms with E-state index in [9.17, 15) is 9.59 Å². The first kappa shape index (κ1) is 16.8. The van der Waals surface area contributed by atoms with Gasteiger partial charge in [0, 0.05) is 22.6 Å². The Labute approximate surface area is 146 Å². The molecule has 0 aromatic heterocycles. The SMILES string of the molecule is CC(C)c1ccc(SCC(=O)c2ccc3c(c2)CCC(=O)N3)cc1. The molecule has 1 aliphatic rings. The average molecular weight is 339 g/mol. The number of fused-ring (bicyclic) bond motifs is 1. The van der Waals surface area contributed by atoms with Gasteiger partial charge in [0.25, 0.3) is 0 Å². The first-order valence-electron chi connectivity index (χ1n) is 8.21. The molecule has 0 bridgehead atoms. The summed E-state index contributed by atoms with van der Waals surface area (Å²) in [6, 6.07) is 14.0. The second-order valence-corrected chi connectivity index (χ2v) is 7.40. The van der Waals surface area contributed by atoms with Crippen LogP contribution in [-0.4, -0.2) is 17.4 Å². The Morgan fingerprint density at radius 2 is 1.88 bits per heavy atom. The number of thioether (sulfide) groups is 1. The number of benzene rings is 2. The molecule has 1 aliphatic heterocycles. The third kappa shape index (κ3) is 3.88. The van der Waals surface area contributed by atoms with Crippen LogP contribution >= 0.6 is 11.8 Å². The van der Waals surface area contributed by atoms with Crippen LogP contribution in [0.3, 0.4) is 0 Å². The van der Waals surface area contributed by atoms with Crippen LogP contribution in [0, 0.1) is 0 Å². The van der Waals surface area contributed by atoms with Gasteiger partial charge in [-0.15, -0.1) is 11.8 Å². The summed E-state index contributed by atoms with van der Waals surface area (Å²) in [5.74, 6) is 1.10. The van der Waals surface area contributed by atoms with Gasteiger partial charge in [-0.25, -0.2) is 0 Å². The van der Waals surface area contributed by atoms with Crippen LogP contribution in [0.15, 0.2) is 47.4 Å². The van der Waals surface area contributed by atoms with E-state index in [1.165, 1.54) is 5.56 Å². The van der Waals surface area contributed by atoms with Crippen LogP contribution in [0.5, 0.6) is 0 Å². The molecule has 0 unspecified atom stereocenters. The maximum absolute atomic E-state index is 12.4. The topological polar surface area (TPSA) is 46.2 Å². The van der Waals surface area contributed by atoms with Crippen LogP contribution in [-0.2, 0) is 11.2 Å². The van der Waals surface area contributed by atoms with Gasteiger partial charge in [0.1, 0.15) is 0 Å². The number of Topliss-reactive ketones (excluding diaryl/α,β-unsaturated/α-hetero) is 1. The lowest BCUT2D eigenvalue weighted by Crippen LogP contribution is -2.19. The van der Waals surface area contributed by atoms with E-state index in [1.54, 1.807) is 17.8 Å². The molecule has 2 aromatic rings. The Morgan fingerprint density at radius 1 is 1.12 bits per heavy atom. The number of anilines is 1. The number of hydrogen-bond donors (Lipinski definition) is 1. The predicted octanol–water partition coefficient (Wildman–Crippen LogP) is 4.67. The van der Waals surface area contributed by atoms with Crippen molar-refractivity contribution in [2.24, 2.45) is 0 Å². The van der Waals surface area contributed by atoms with E-state index in [1.807, 2.05) is 12.1 Å². The van der Waals surface area contributed by atoms with E-state index >= 15 is 0 Å². The highest BCUT2D eigenvalue weighted by molar-refractivity contribution is 8.00. The minimum absolute atomic E-state index is 0.0435. The van der Waals surface area contributed by atoms with Crippen molar-refractivity contribution >= 4 is 29.1 Å². The molecule has 0 radical (unpaired) electrons. The smallest absolute Gasteiger partial charge is 0.224 e. The molecule has 1 N–H and O–H groups in total. The normalized spacial score (nSPS) is 13.5. The van der Waals surface area contributed by atoms with Gasteiger partial charge < -0.3 is 5.32 Å². The maximum Gasteiger partial charge on any atom is 0.224 e. The highest BCUT2D eigenvalue weighted by atomic mass is 32.2. The molecule has 124 valence electrons. The standard InChI is InChI=1S/C20H21NO2S/c1-13(2)14-3-7-17(8-4-14)24-12-19(22)16-5-9-18-15(11-16)6-10-20(23)21-18/h3-5,7-9,11,13H,6,10,12H2,1-2H3,(H,21,23). The lowest BCUT2D eigenvalue weighted by Gasteiger charge is -2.17. The number of nitrogens with one attached hydrogen (secondary N) is 1. The molecule has 24 heavy (non-hydrogen) atoms. The van der Waals surface area contributed by atoms with Gasteiger partial charge in [-0.3, -0.25) is 9.59 Å². The van der Waals surface area contributed by atoms with Crippen LogP contribution in [0.1, 0.15) is 47.7 Å². The third-order valence-electron chi connectivity index (χ3n) is 4.24. The number of carbonyl (C=O) groups excluding carboxylic acids is 2. The van der Waals surface area contributed by atoms with E-state index in [4.69, 9.17) is 0 Å². The molecule has 0 spiro atoms. The zero-order valence-corrected chi connectivity index (χ0v) is 14.8. The molecular formula is C20H21NO2S. The van der Waals surface area contributed by atoms with Crippen LogP contribution in [0.4, 0.5) is 5.69 Å². The van der Waals surface area contributed by atoms with Gasteiger partial charge >= 0.3 is 0 Å². The van der Waals surface area contributed by atoms with Gasteiger partial charge in [-0.05, 0) is 53.8 Å². The van der Waals surface area contributed by atoms with Crippen molar-refractivity contribution in [2.45, 2.75) is 37.5 Å². The number of ketones is 1. The van der Waals surface area contributed by atoms with Gasteiger partial charge in [0.15, 0.2) is 5.78 Å². The molecule has 0 saturated heterocycles. The van der Waals surface area contributed by atoms with Gasteiger partial charge in [-0.2, -0.15) is 0 Å². The second kappa shape index (κ2) is 7.22. The van der Waals surface area contributed by atoms with Crippen LogP contribution in [0.25, 0.3) is 0 Å². The number of rotatable bonds is 5. The number of amides is 1. The molecule has 1 amide bonds.